The van der Waals surface area contributed by atoms with Gasteiger partial charge in [-0.2, -0.15) is 5.10 Å². The van der Waals surface area contributed by atoms with E-state index in [9.17, 15) is 4.79 Å². The van der Waals surface area contributed by atoms with E-state index in [1.54, 1.807) is 23.9 Å². The molecule has 2 aromatic carbocycles. The fraction of sp³-hybridized carbons (Fsp3) is 0.0667. The van der Waals surface area contributed by atoms with Crippen LogP contribution >= 0.6 is 35.0 Å². The Balaban J connectivity index is 1.88. The lowest BCUT2D eigenvalue weighted by Crippen LogP contribution is -2.17. The number of nitrogens with one attached hydrogen (secondary N) is 1. The molecule has 0 atom stereocenters. The molecule has 1 N–H and O–H groups in total. The predicted molar refractivity (Wildman–Crippen MR) is 90.2 cm³/mol. The van der Waals surface area contributed by atoms with Gasteiger partial charge < -0.3 is 0 Å². The Morgan fingerprint density at radius 3 is 2.55 bits per heavy atom. The van der Waals surface area contributed by atoms with Crippen molar-refractivity contribution in [3.63, 3.8) is 0 Å². The van der Waals surface area contributed by atoms with Crippen molar-refractivity contribution in [1.82, 2.24) is 14.8 Å². The van der Waals surface area contributed by atoms with Crippen LogP contribution in [0.4, 0.5) is 0 Å². The molecule has 0 unspecified atom stereocenters. The third-order valence-electron chi connectivity index (χ3n) is 3.02. The van der Waals surface area contributed by atoms with Crippen molar-refractivity contribution >= 4 is 35.0 Å². The summed E-state index contributed by atoms with van der Waals surface area (Å²) in [4.78, 5) is 13.1. The van der Waals surface area contributed by atoms with Crippen LogP contribution in [0.5, 0.6) is 0 Å². The van der Waals surface area contributed by atoms with Gasteiger partial charge in [0, 0.05) is 9.92 Å². The van der Waals surface area contributed by atoms with E-state index in [0.717, 1.165) is 4.90 Å². The van der Waals surface area contributed by atoms with Crippen LogP contribution in [0.2, 0.25) is 10.0 Å². The summed E-state index contributed by atoms with van der Waals surface area (Å²) in [5.41, 5.74) is 0.314. The van der Waals surface area contributed by atoms with Crippen LogP contribution in [0.25, 0.3) is 5.69 Å². The topological polar surface area (TPSA) is 50.7 Å². The van der Waals surface area contributed by atoms with Gasteiger partial charge in [-0.15, -0.1) is 11.8 Å². The number of hydrogen-bond donors (Lipinski definition) is 1. The van der Waals surface area contributed by atoms with Gasteiger partial charge in [-0.25, -0.2) is 14.5 Å². The lowest BCUT2D eigenvalue weighted by atomic mass is 10.3. The van der Waals surface area contributed by atoms with Gasteiger partial charge in [-0.3, -0.25) is 0 Å². The number of rotatable bonds is 4. The molecule has 1 heterocycles. The Morgan fingerprint density at radius 1 is 1.09 bits per heavy atom. The summed E-state index contributed by atoms with van der Waals surface area (Å²) in [5.74, 6) is 1.14. The predicted octanol–water partition coefficient (Wildman–Crippen LogP) is 4.16. The third kappa shape index (κ3) is 3.21. The van der Waals surface area contributed by atoms with Crippen molar-refractivity contribution in [1.29, 1.82) is 0 Å². The first kappa shape index (κ1) is 15.2. The van der Waals surface area contributed by atoms with Gasteiger partial charge in [-0.05, 0) is 36.4 Å². The summed E-state index contributed by atoms with van der Waals surface area (Å²) in [6.07, 6.45) is 0. The van der Waals surface area contributed by atoms with Crippen molar-refractivity contribution < 1.29 is 0 Å². The highest BCUT2D eigenvalue weighted by Gasteiger charge is 2.13. The van der Waals surface area contributed by atoms with E-state index in [4.69, 9.17) is 23.2 Å². The molecular weight excluding hydrogens is 341 g/mol. The van der Waals surface area contributed by atoms with Gasteiger partial charge in [0.2, 0.25) is 0 Å². The summed E-state index contributed by atoms with van der Waals surface area (Å²) >= 11 is 13.6. The molecule has 0 aliphatic carbocycles. The van der Waals surface area contributed by atoms with Crippen molar-refractivity contribution in [3.05, 3.63) is 74.9 Å². The Hall–Kier alpha value is -1.69. The van der Waals surface area contributed by atoms with E-state index in [1.807, 2.05) is 36.4 Å². The molecule has 0 amide bonds. The highest BCUT2D eigenvalue weighted by atomic mass is 35.5. The van der Waals surface area contributed by atoms with Crippen LogP contribution in [0.1, 0.15) is 5.82 Å². The van der Waals surface area contributed by atoms with Gasteiger partial charge in [0.1, 0.15) is 5.82 Å². The molecule has 0 saturated carbocycles. The highest BCUT2D eigenvalue weighted by molar-refractivity contribution is 7.98. The van der Waals surface area contributed by atoms with Gasteiger partial charge >= 0.3 is 5.69 Å². The molecule has 1 aromatic heterocycles. The van der Waals surface area contributed by atoms with Crippen LogP contribution in [0.3, 0.4) is 0 Å². The molecule has 0 aliphatic heterocycles. The zero-order chi connectivity index (χ0) is 15.5. The lowest BCUT2D eigenvalue weighted by molar-refractivity contribution is 0.933. The molecule has 0 radical (unpaired) electrons. The molecule has 0 fully saturated rings. The van der Waals surface area contributed by atoms with Crippen molar-refractivity contribution in [3.8, 4) is 5.69 Å². The maximum Gasteiger partial charge on any atom is 0.348 e. The number of aromatic amines is 1. The minimum absolute atomic E-state index is 0.306. The smallest absolute Gasteiger partial charge is 0.246 e. The minimum atomic E-state index is -0.306. The number of aromatic nitrogens is 3. The van der Waals surface area contributed by atoms with Gasteiger partial charge in [0.05, 0.1) is 16.5 Å². The number of nitrogens with zero attached hydrogens (tertiary/aromatic N) is 2. The molecule has 0 bridgehead atoms. The number of benzene rings is 2. The molecular formula is C15H11Cl2N3OS. The van der Waals surface area contributed by atoms with Gasteiger partial charge in [-0.1, -0.05) is 35.3 Å². The molecule has 0 aliphatic rings. The summed E-state index contributed by atoms with van der Waals surface area (Å²) < 4.78 is 1.49. The number of H-pyrrole nitrogens is 1. The van der Waals surface area contributed by atoms with Crippen molar-refractivity contribution in [2.75, 3.05) is 0 Å². The maximum atomic E-state index is 12.0. The zero-order valence-corrected chi connectivity index (χ0v) is 13.6. The fourth-order valence-electron chi connectivity index (χ4n) is 1.99. The quantitative estimate of drug-likeness (QED) is 0.718. The Kier molecular flexibility index (Phi) is 4.57. The molecule has 112 valence electrons. The highest BCUT2D eigenvalue weighted by Crippen LogP contribution is 2.25. The van der Waals surface area contributed by atoms with Crippen LogP contribution < -0.4 is 5.69 Å². The standard InChI is InChI=1S/C15H11Cl2N3OS/c16-10-5-7-11(8-6-10)22-9-14-18-19-15(21)20(14)13-4-2-1-3-12(13)17/h1-8H,9H2,(H,19,21). The SMILES string of the molecule is O=c1[nH]nc(CSc2ccc(Cl)cc2)n1-c1ccccc1Cl. The number of para-hydroxylation sites is 1. The molecule has 3 aromatic rings. The third-order valence-corrected chi connectivity index (χ3v) is 4.60. The van der Waals surface area contributed by atoms with Crippen molar-refractivity contribution in [2.24, 2.45) is 0 Å². The molecule has 4 nitrogen and oxygen atoms in total. The molecule has 3 rings (SSSR count). The van der Waals surface area contributed by atoms with Gasteiger partial charge in [0.25, 0.3) is 0 Å². The molecule has 0 saturated heterocycles. The average Bonchev–Trinajstić information content (AvgIpc) is 2.88. The fourth-order valence-corrected chi connectivity index (χ4v) is 3.15. The van der Waals surface area contributed by atoms with E-state index < -0.39 is 0 Å². The van der Waals surface area contributed by atoms with E-state index >= 15 is 0 Å². The Morgan fingerprint density at radius 2 is 1.82 bits per heavy atom. The first-order valence-electron chi connectivity index (χ1n) is 6.45. The van der Waals surface area contributed by atoms with E-state index in [1.165, 1.54) is 4.57 Å². The summed E-state index contributed by atoms with van der Waals surface area (Å²) in [6.45, 7) is 0. The second-order valence-electron chi connectivity index (χ2n) is 4.47. The van der Waals surface area contributed by atoms with E-state index in [2.05, 4.69) is 10.2 Å². The summed E-state index contributed by atoms with van der Waals surface area (Å²) in [5, 5.41) is 7.75. The Labute approximate surface area is 141 Å². The minimum Gasteiger partial charge on any atom is -0.246 e. The van der Waals surface area contributed by atoms with Crippen LogP contribution in [0.15, 0.2) is 58.2 Å². The Bertz CT molecular complexity index is 842. The molecule has 22 heavy (non-hydrogen) atoms. The second kappa shape index (κ2) is 6.60. The van der Waals surface area contributed by atoms with Crippen LogP contribution in [0, 0.1) is 0 Å². The number of halogens is 2. The largest absolute Gasteiger partial charge is 0.348 e. The lowest BCUT2D eigenvalue weighted by Gasteiger charge is -2.07. The first-order chi connectivity index (χ1) is 10.6. The summed E-state index contributed by atoms with van der Waals surface area (Å²) in [6, 6.07) is 14.7. The van der Waals surface area contributed by atoms with E-state index in [-0.39, 0.29) is 5.69 Å². The van der Waals surface area contributed by atoms with Crippen LogP contribution in [-0.4, -0.2) is 14.8 Å². The summed E-state index contributed by atoms with van der Waals surface area (Å²) in [7, 11) is 0. The molecule has 0 spiro atoms. The average molecular weight is 352 g/mol. The zero-order valence-electron chi connectivity index (χ0n) is 11.3. The number of hydrogen-bond acceptors (Lipinski definition) is 3. The van der Waals surface area contributed by atoms with Gasteiger partial charge in [0.15, 0.2) is 0 Å². The van der Waals surface area contributed by atoms with Crippen molar-refractivity contribution in [2.45, 2.75) is 10.6 Å². The van der Waals surface area contributed by atoms with E-state index in [0.29, 0.717) is 27.3 Å². The normalized spacial score (nSPS) is 10.8. The van der Waals surface area contributed by atoms with Crippen LogP contribution in [-0.2, 0) is 5.75 Å². The monoisotopic (exact) mass is 351 g/mol. The first-order valence-corrected chi connectivity index (χ1v) is 8.19. The number of thioether (sulfide) groups is 1. The molecule has 7 heteroatoms. The second-order valence-corrected chi connectivity index (χ2v) is 6.37. The maximum absolute atomic E-state index is 12.0.